The van der Waals surface area contributed by atoms with E-state index in [0.29, 0.717) is 29.4 Å². The maximum atomic E-state index is 11.2. The van der Waals surface area contributed by atoms with Gasteiger partial charge in [0.1, 0.15) is 0 Å². The van der Waals surface area contributed by atoms with Gasteiger partial charge in [-0.15, -0.1) is 0 Å². The van der Waals surface area contributed by atoms with Crippen LogP contribution in [0.2, 0.25) is 5.02 Å². The van der Waals surface area contributed by atoms with Gasteiger partial charge in [-0.3, -0.25) is 10.1 Å². The summed E-state index contributed by atoms with van der Waals surface area (Å²) < 4.78 is 5.27. The van der Waals surface area contributed by atoms with Crippen molar-refractivity contribution in [2.45, 2.75) is 20.4 Å². The highest BCUT2D eigenvalue weighted by Crippen LogP contribution is 2.28. The molecule has 0 spiro atoms. The Morgan fingerprint density at radius 2 is 2.08 bits per heavy atom. The minimum Gasteiger partial charge on any atom is -0.487 e. The van der Waals surface area contributed by atoms with Crippen LogP contribution in [-0.4, -0.2) is 17.2 Å². The Kier molecular flexibility index (Phi) is 6.14. The van der Waals surface area contributed by atoms with Crippen molar-refractivity contribution in [1.29, 1.82) is 0 Å². The molecule has 0 aromatic heterocycles. The van der Waals surface area contributed by atoms with Crippen molar-refractivity contribution in [2.75, 3.05) is 6.61 Å². The number of halogens is 1. The molecular weight excluding hydrogens is 330 g/mol. The van der Waals surface area contributed by atoms with Gasteiger partial charge >= 0.3 is 5.69 Å². The molecule has 0 aliphatic carbocycles. The van der Waals surface area contributed by atoms with E-state index in [2.05, 4.69) is 10.5 Å². The molecule has 6 nitrogen and oxygen atoms in total. The summed E-state index contributed by atoms with van der Waals surface area (Å²) in [6.07, 6.45) is 0. The maximum Gasteiger partial charge on any atom is 0.311 e. The normalized spacial score (nSPS) is 11.2. The van der Waals surface area contributed by atoms with Crippen molar-refractivity contribution < 1.29 is 9.66 Å². The van der Waals surface area contributed by atoms with Crippen LogP contribution in [0.3, 0.4) is 0 Å². The minimum absolute atomic E-state index is 0.0741. The molecule has 0 aliphatic heterocycles. The van der Waals surface area contributed by atoms with E-state index in [4.69, 9.17) is 16.3 Å². The van der Waals surface area contributed by atoms with Crippen LogP contribution in [0.25, 0.3) is 0 Å². The Morgan fingerprint density at radius 3 is 2.75 bits per heavy atom. The van der Waals surface area contributed by atoms with Crippen LogP contribution < -0.4 is 10.2 Å². The summed E-state index contributed by atoms with van der Waals surface area (Å²) in [4.78, 5) is 10.7. The molecule has 126 valence electrons. The molecule has 0 fully saturated rings. The summed E-state index contributed by atoms with van der Waals surface area (Å²) in [7, 11) is 0. The SMILES string of the molecule is CCOc1ccc(/C(C)=N\NCc2ccccc2Cl)cc1[N+](=O)[O-]. The summed E-state index contributed by atoms with van der Waals surface area (Å²) in [5, 5.41) is 16.1. The molecule has 1 N–H and O–H groups in total. The fraction of sp³-hybridized carbons (Fsp3) is 0.235. The number of nitro benzene ring substituents is 1. The molecule has 0 heterocycles. The highest BCUT2D eigenvalue weighted by atomic mass is 35.5. The fourth-order valence-corrected chi connectivity index (χ4v) is 2.31. The summed E-state index contributed by atoms with van der Waals surface area (Å²) in [6, 6.07) is 12.3. The van der Waals surface area contributed by atoms with E-state index >= 15 is 0 Å². The average Bonchev–Trinajstić information content (AvgIpc) is 2.57. The topological polar surface area (TPSA) is 76.8 Å². The van der Waals surface area contributed by atoms with E-state index in [-0.39, 0.29) is 11.4 Å². The molecule has 0 bridgehead atoms. The van der Waals surface area contributed by atoms with Gasteiger partial charge in [-0.05, 0) is 37.6 Å². The molecule has 24 heavy (non-hydrogen) atoms. The number of rotatable bonds is 7. The van der Waals surface area contributed by atoms with Gasteiger partial charge in [0.05, 0.1) is 23.8 Å². The third kappa shape index (κ3) is 4.45. The summed E-state index contributed by atoms with van der Waals surface area (Å²) in [5.41, 5.74) is 5.06. The first-order valence-electron chi connectivity index (χ1n) is 7.45. The number of ether oxygens (including phenoxy) is 1. The van der Waals surface area contributed by atoms with E-state index in [9.17, 15) is 10.1 Å². The standard InChI is InChI=1S/C17H18ClN3O3/c1-3-24-17-9-8-13(10-16(17)21(22)23)12(2)20-19-11-14-6-4-5-7-15(14)18/h4-10,19H,3,11H2,1-2H3/b20-12-. The Morgan fingerprint density at radius 1 is 1.33 bits per heavy atom. The monoisotopic (exact) mass is 347 g/mol. The molecule has 7 heteroatoms. The molecule has 2 rings (SSSR count). The smallest absolute Gasteiger partial charge is 0.311 e. The van der Waals surface area contributed by atoms with Crippen molar-refractivity contribution in [3.05, 3.63) is 68.7 Å². The van der Waals surface area contributed by atoms with Crippen LogP contribution in [0.1, 0.15) is 25.0 Å². The van der Waals surface area contributed by atoms with Gasteiger partial charge in [0, 0.05) is 16.7 Å². The number of benzene rings is 2. The zero-order chi connectivity index (χ0) is 17.5. The highest BCUT2D eigenvalue weighted by Gasteiger charge is 2.16. The van der Waals surface area contributed by atoms with Crippen molar-refractivity contribution >= 4 is 23.0 Å². The summed E-state index contributed by atoms with van der Waals surface area (Å²) in [6.45, 7) is 4.39. The molecule has 0 unspecified atom stereocenters. The van der Waals surface area contributed by atoms with Crippen molar-refractivity contribution in [3.8, 4) is 5.75 Å². The van der Waals surface area contributed by atoms with Crippen LogP contribution in [0.4, 0.5) is 5.69 Å². The lowest BCUT2D eigenvalue weighted by Crippen LogP contribution is -2.10. The van der Waals surface area contributed by atoms with Crippen molar-refractivity contribution in [1.82, 2.24) is 5.43 Å². The molecule has 0 saturated heterocycles. The second-order valence-electron chi connectivity index (χ2n) is 5.00. The second-order valence-corrected chi connectivity index (χ2v) is 5.40. The van der Waals surface area contributed by atoms with Gasteiger partial charge in [-0.2, -0.15) is 5.10 Å². The molecule has 0 atom stereocenters. The fourth-order valence-electron chi connectivity index (χ4n) is 2.11. The van der Waals surface area contributed by atoms with Crippen molar-refractivity contribution in [2.24, 2.45) is 5.10 Å². The highest BCUT2D eigenvalue weighted by molar-refractivity contribution is 6.31. The van der Waals surface area contributed by atoms with Gasteiger partial charge in [-0.25, -0.2) is 0 Å². The van der Waals surface area contributed by atoms with Crippen LogP contribution in [0.5, 0.6) is 5.75 Å². The largest absolute Gasteiger partial charge is 0.487 e. The Balaban J connectivity index is 2.14. The number of nitrogens with zero attached hydrogens (tertiary/aromatic N) is 2. The first-order chi connectivity index (χ1) is 11.5. The van der Waals surface area contributed by atoms with E-state index in [1.54, 1.807) is 26.0 Å². The van der Waals surface area contributed by atoms with E-state index in [1.807, 2.05) is 24.3 Å². The van der Waals surface area contributed by atoms with Crippen LogP contribution >= 0.6 is 11.6 Å². The maximum absolute atomic E-state index is 11.2. The van der Waals surface area contributed by atoms with Gasteiger partial charge < -0.3 is 10.2 Å². The number of hydrazone groups is 1. The van der Waals surface area contributed by atoms with E-state index in [0.717, 1.165) is 5.56 Å². The molecule has 0 aliphatic rings. The van der Waals surface area contributed by atoms with Crippen molar-refractivity contribution in [3.63, 3.8) is 0 Å². The van der Waals surface area contributed by atoms with E-state index < -0.39 is 4.92 Å². The quantitative estimate of drug-likeness (QED) is 0.463. The number of hydrogen-bond donors (Lipinski definition) is 1. The number of nitrogens with one attached hydrogen (secondary N) is 1. The summed E-state index contributed by atoms with van der Waals surface area (Å²) in [5.74, 6) is 0.253. The predicted molar refractivity (Wildman–Crippen MR) is 94.8 cm³/mol. The Bertz CT molecular complexity index is 762. The predicted octanol–water partition coefficient (Wildman–Crippen LogP) is 4.16. The third-order valence-corrected chi connectivity index (χ3v) is 3.72. The van der Waals surface area contributed by atoms with Crippen LogP contribution in [0, 0.1) is 10.1 Å². The molecule has 0 amide bonds. The zero-order valence-electron chi connectivity index (χ0n) is 13.5. The lowest BCUT2D eigenvalue weighted by atomic mass is 10.1. The number of hydrogen-bond acceptors (Lipinski definition) is 5. The molecule has 2 aromatic rings. The van der Waals surface area contributed by atoms with Gasteiger partial charge in [0.2, 0.25) is 0 Å². The number of nitro groups is 1. The molecule has 0 radical (unpaired) electrons. The summed E-state index contributed by atoms with van der Waals surface area (Å²) >= 11 is 6.08. The molecular formula is C17H18ClN3O3. The Hall–Kier alpha value is -2.60. The first kappa shape index (κ1) is 17.7. The lowest BCUT2D eigenvalue weighted by molar-refractivity contribution is -0.385. The van der Waals surface area contributed by atoms with E-state index in [1.165, 1.54) is 6.07 Å². The minimum atomic E-state index is -0.459. The molecule has 0 saturated carbocycles. The van der Waals surface area contributed by atoms with Gasteiger partial charge in [0.25, 0.3) is 0 Å². The first-order valence-corrected chi connectivity index (χ1v) is 7.83. The van der Waals surface area contributed by atoms with Gasteiger partial charge in [0.15, 0.2) is 5.75 Å². The second kappa shape index (κ2) is 8.31. The Labute approximate surface area is 145 Å². The van der Waals surface area contributed by atoms with Crippen LogP contribution in [-0.2, 0) is 6.54 Å². The average molecular weight is 348 g/mol. The lowest BCUT2D eigenvalue weighted by Gasteiger charge is -2.08. The van der Waals surface area contributed by atoms with Gasteiger partial charge in [-0.1, -0.05) is 29.8 Å². The third-order valence-electron chi connectivity index (χ3n) is 3.35. The zero-order valence-corrected chi connectivity index (χ0v) is 14.2. The molecule has 2 aromatic carbocycles. The van der Waals surface area contributed by atoms with Crippen LogP contribution in [0.15, 0.2) is 47.6 Å².